The van der Waals surface area contributed by atoms with Gasteiger partial charge in [0.1, 0.15) is 0 Å². The Hall–Kier alpha value is -2.17. The average Bonchev–Trinajstić information content (AvgIpc) is 2.49. The van der Waals surface area contributed by atoms with Crippen molar-refractivity contribution in [3.8, 4) is 0 Å². The molecule has 1 heterocycles. The van der Waals surface area contributed by atoms with Crippen molar-refractivity contribution in [2.75, 3.05) is 26.3 Å². The van der Waals surface area contributed by atoms with Crippen molar-refractivity contribution >= 4 is 27.6 Å². The molecule has 1 aliphatic heterocycles. The van der Waals surface area contributed by atoms with Crippen molar-refractivity contribution in [3.63, 3.8) is 0 Å². The van der Waals surface area contributed by atoms with Gasteiger partial charge in [0, 0.05) is 13.1 Å². The normalized spacial score (nSPS) is 17.0. The smallest absolute Gasteiger partial charge is 0.243 e. The molecule has 0 unspecified atom stereocenters. The lowest BCUT2D eigenvalue weighted by atomic mass is 10.2. The molecule has 1 aliphatic rings. The van der Waals surface area contributed by atoms with Gasteiger partial charge in [-0.15, -0.1) is 0 Å². The van der Waals surface area contributed by atoms with Gasteiger partial charge in [-0.1, -0.05) is 6.07 Å². The second kappa shape index (κ2) is 6.94. The molecule has 1 aromatic carbocycles. The molecule has 2 rings (SSSR count). The molecule has 0 saturated carbocycles. The first-order chi connectivity index (χ1) is 10.8. The zero-order valence-electron chi connectivity index (χ0n) is 12.8. The molecule has 0 atom stereocenters. The maximum Gasteiger partial charge on any atom is 0.243 e. The Morgan fingerprint density at radius 3 is 2.48 bits per heavy atom. The quantitative estimate of drug-likeness (QED) is 0.486. The van der Waals surface area contributed by atoms with Gasteiger partial charge in [-0.3, -0.25) is 0 Å². The van der Waals surface area contributed by atoms with Crippen molar-refractivity contribution in [1.29, 1.82) is 0 Å². The molecule has 0 spiro atoms. The summed E-state index contributed by atoms with van der Waals surface area (Å²) in [5, 5.41) is 0. The van der Waals surface area contributed by atoms with Gasteiger partial charge in [-0.2, -0.15) is 9.30 Å². The van der Waals surface area contributed by atoms with Crippen LogP contribution in [0.1, 0.15) is 5.56 Å². The third kappa shape index (κ3) is 4.18. The predicted octanol–water partition coefficient (Wildman–Crippen LogP) is -0.764. The Bertz CT molecular complexity index is 734. The van der Waals surface area contributed by atoms with Crippen molar-refractivity contribution in [2.45, 2.75) is 11.8 Å². The molecule has 23 heavy (non-hydrogen) atoms. The number of hydrogen-bond acceptors (Lipinski definition) is 4. The topological polar surface area (TPSA) is 149 Å². The summed E-state index contributed by atoms with van der Waals surface area (Å²) in [6, 6.07) is 4.76. The molecular formula is C13H20N6O3S. The van der Waals surface area contributed by atoms with E-state index in [1.165, 1.54) is 10.4 Å². The summed E-state index contributed by atoms with van der Waals surface area (Å²) in [6.07, 6.45) is 0. The van der Waals surface area contributed by atoms with Gasteiger partial charge in [0.2, 0.25) is 16.0 Å². The second-order valence-corrected chi connectivity index (χ2v) is 6.88. The molecule has 0 aromatic heterocycles. The number of ether oxygens (including phenoxy) is 1. The van der Waals surface area contributed by atoms with E-state index in [-0.39, 0.29) is 16.8 Å². The first kappa shape index (κ1) is 17.2. The maximum atomic E-state index is 12.7. The first-order valence-corrected chi connectivity index (χ1v) is 8.37. The van der Waals surface area contributed by atoms with E-state index in [2.05, 4.69) is 9.98 Å². The summed E-state index contributed by atoms with van der Waals surface area (Å²) >= 11 is 0. The summed E-state index contributed by atoms with van der Waals surface area (Å²) in [5.41, 5.74) is 17.0. The first-order valence-electron chi connectivity index (χ1n) is 6.93. The third-order valence-electron chi connectivity index (χ3n) is 3.25. The van der Waals surface area contributed by atoms with Crippen molar-refractivity contribution < 1.29 is 13.2 Å². The highest BCUT2D eigenvalue weighted by molar-refractivity contribution is 7.89. The number of hydrogen-bond donors (Lipinski definition) is 3. The second-order valence-electron chi connectivity index (χ2n) is 4.97. The Labute approximate surface area is 134 Å². The van der Waals surface area contributed by atoms with Gasteiger partial charge in [0.15, 0.2) is 5.96 Å². The molecule has 0 aliphatic carbocycles. The van der Waals surface area contributed by atoms with Crippen LogP contribution in [0.4, 0.5) is 5.69 Å². The molecule has 1 aromatic rings. The molecule has 6 N–H and O–H groups in total. The van der Waals surface area contributed by atoms with E-state index >= 15 is 0 Å². The van der Waals surface area contributed by atoms with Gasteiger partial charge >= 0.3 is 0 Å². The summed E-state index contributed by atoms with van der Waals surface area (Å²) in [6.45, 7) is 3.14. The highest BCUT2D eigenvalue weighted by Gasteiger charge is 2.27. The lowest BCUT2D eigenvalue weighted by molar-refractivity contribution is 0.0730. The highest BCUT2D eigenvalue weighted by Crippen LogP contribution is 2.25. The van der Waals surface area contributed by atoms with Crippen molar-refractivity contribution in [1.82, 2.24) is 4.31 Å². The summed E-state index contributed by atoms with van der Waals surface area (Å²) in [5.74, 6) is -0.372. The lowest BCUT2D eigenvalue weighted by Crippen LogP contribution is -2.40. The molecule has 0 amide bonds. The number of nitrogens with zero attached hydrogens (tertiary/aromatic N) is 3. The summed E-state index contributed by atoms with van der Waals surface area (Å²) < 4.78 is 32.1. The summed E-state index contributed by atoms with van der Waals surface area (Å²) in [7, 11) is -3.62. The van der Waals surface area contributed by atoms with E-state index in [1.807, 2.05) is 0 Å². The Kier molecular flexibility index (Phi) is 5.19. The fourth-order valence-electron chi connectivity index (χ4n) is 2.15. The van der Waals surface area contributed by atoms with Crippen molar-refractivity contribution in [3.05, 3.63) is 23.8 Å². The summed E-state index contributed by atoms with van der Waals surface area (Å²) in [4.78, 5) is 7.78. The SMILES string of the molecule is Cc1ccc(N=C(N)N=C(N)N)cc1S(=O)(=O)N1CCOCC1. The number of aryl methyl sites for hydroxylation is 1. The van der Waals surface area contributed by atoms with E-state index in [0.717, 1.165) is 0 Å². The van der Waals surface area contributed by atoms with Crippen LogP contribution in [0.25, 0.3) is 0 Å². The zero-order chi connectivity index (χ0) is 17.0. The minimum absolute atomic E-state index is 0.149. The molecule has 0 radical (unpaired) electrons. The number of rotatable bonds is 3. The minimum Gasteiger partial charge on any atom is -0.379 e. The molecule has 9 nitrogen and oxygen atoms in total. The fourth-order valence-corrected chi connectivity index (χ4v) is 3.80. The van der Waals surface area contributed by atoms with Crippen molar-refractivity contribution in [2.24, 2.45) is 27.2 Å². The number of benzene rings is 1. The van der Waals surface area contributed by atoms with Crippen LogP contribution < -0.4 is 17.2 Å². The van der Waals surface area contributed by atoms with E-state index in [0.29, 0.717) is 37.6 Å². The standard InChI is InChI=1S/C13H20N6O3S/c1-9-2-3-10(17-13(16)18-12(14)15)8-11(9)23(20,21)19-4-6-22-7-5-19/h2-3,8H,4-7H2,1H3,(H6,14,15,16,17,18). The molecule has 0 bridgehead atoms. The fraction of sp³-hybridized carbons (Fsp3) is 0.385. The van der Waals surface area contributed by atoms with Gasteiger partial charge in [-0.05, 0) is 24.6 Å². The molecule has 126 valence electrons. The third-order valence-corrected chi connectivity index (χ3v) is 5.29. The molecule has 10 heteroatoms. The Morgan fingerprint density at radius 2 is 1.87 bits per heavy atom. The minimum atomic E-state index is -3.62. The average molecular weight is 340 g/mol. The number of sulfonamides is 1. The number of aliphatic imine (C=N–C) groups is 2. The number of nitrogens with two attached hydrogens (primary N) is 3. The van der Waals surface area contributed by atoms with Gasteiger partial charge in [0.25, 0.3) is 0 Å². The van der Waals surface area contributed by atoms with Crippen LogP contribution in [-0.2, 0) is 14.8 Å². The zero-order valence-corrected chi connectivity index (χ0v) is 13.6. The molecule has 1 saturated heterocycles. The van der Waals surface area contributed by atoms with Crippen LogP contribution in [0.15, 0.2) is 33.1 Å². The van der Waals surface area contributed by atoms with Crippen LogP contribution in [-0.4, -0.2) is 50.9 Å². The predicted molar refractivity (Wildman–Crippen MR) is 87.8 cm³/mol. The van der Waals surface area contributed by atoms with Crippen LogP contribution in [0, 0.1) is 6.92 Å². The van der Waals surface area contributed by atoms with E-state index in [4.69, 9.17) is 21.9 Å². The lowest BCUT2D eigenvalue weighted by Gasteiger charge is -2.26. The van der Waals surface area contributed by atoms with Crippen LogP contribution in [0.2, 0.25) is 0 Å². The largest absolute Gasteiger partial charge is 0.379 e. The monoisotopic (exact) mass is 340 g/mol. The number of morpholine rings is 1. The van der Waals surface area contributed by atoms with Gasteiger partial charge in [0.05, 0.1) is 23.8 Å². The van der Waals surface area contributed by atoms with Gasteiger partial charge in [-0.25, -0.2) is 13.4 Å². The Balaban J connectivity index is 2.39. The van der Waals surface area contributed by atoms with E-state index < -0.39 is 10.0 Å². The van der Waals surface area contributed by atoms with Crippen LogP contribution in [0.5, 0.6) is 0 Å². The number of guanidine groups is 2. The molecule has 1 fully saturated rings. The van der Waals surface area contributed by atoms with E-state index in [9.17, 15) is 8.42 Å². The van der Waals surface area contributed by atoms with Crippen LogP contribution >= 0.6 is 0 Å². The Morgan fingerprint density at radius 1 is 1.22 bits per heavy atom. The van der Waals surface area contributed by atoms with Gasteiger partial charge < -0.3 is 21.9 Å². The molecular weight excluding hydrogens is 320 g/mol. The maximum absolute atomic E-state index is 12.7. The van der Waals surface area contributed by atoms with E-state index in [1.54, 1.807) is 19.1 Å². The van der Waals surface area contributed by atoms with Crippen LogP contribution in [0.3, 0.4) is 0 Å². The highest BCUT2D eigenvalue weighted by atomic mass is 32.2.